The van der Waals surface area contributed by atoms with Crippen LogP contribution in [0.5, 0.6) is 0 Å². The van der Waals surface area contributed by atoms with E-state index in [-0.39, 0.29) is 18.4 Å². The number of nitrogens with zero attached hydrogens (tertiary/aromatic N) is 5. The maximum atomic E-state index is 12.9. The van der Waals surface area contributed by atoms with Gasteiger partial charge in [-0.3, -0.25) is 9.69 Å². The number of carbonyl (C=O) groups excluding carboxylic acids is 1. The van der Waals surface area contributed by atoms with Gasteiger partial charge < -0.3 is 5.32 Å². The van der Waals surface area contributed by atoms with Crippen molar-refractivity contribution in [1.29, 1.82) is 0 Å². The molecule has 1 N–H and O–H groups in total. The van der Waals surface area contributed by atoms with E-state index in [4.69, 9.17) is 11.6 Å². The largest absolute Gasteiger partial charge is 0.354 e. The fraction of sp³-hybridized carbons (Fsp3) is 0.455. The molecule has 1 aromatic carbocycles. The van der Waals surface area contributed by atoms with Crippen LogP contribution in [0.2, 0.25) is 5.02 Å². The van der Waals surface area contributed by atoms with E-state index in [0.717, 1.165) is 40.6 Å². The third-order valence-corrected chi connectivity index (χ3v) is 6.63. The van der Waals surface area contributed by atoms with E-state index in [1.807, 2.05) is 38.3 Å². The number of nitrogens with one attached hydrogen (secondary N) is 1. The molecule has 1 fully saturated rings. The van der Waals surface area contributed by atoms with Crippen LogP contribution >= 0.6 is 23.4 Å². The lowest BCUT2D eigenvalue weighted by Crippen LogP contribution is -2.37. The Balaban J connectivity index is 1.49. The highest BCUT2D eigenvalue weighted by Crippen LogP contribution is 2.26. The van der Waals surface area contributed by atoms with Crippen molar-refractivity contribution in [3.8, 4) is 0 Å². The summed E-state index contributed by atoms with van der Waals surface area (Å²) in [6, 6.07) is 8.05. The summed E-state index contributed by atoms with van der Waals surface area (Å²) in [6.07, 6.45) is 4.56. The van der Waals surface area contributed by atoms with Gasteiger partial charge in [0.15, 0.2) is 0 Å². The van der Waals surface area contributed by atoms with Crippen molar-refractivity contribution < 1.29 is 4.79 Å². The third-order valence-electron chi connectivity index (χ3n) is 5.86. The number of rotatable bonds is 7. The summed E-state index contributed by atoms with van der Waals surface area (Å²) in [7, 11) is 0. The Morgan fingerprint density at radius 3 is 2.74 bits per heavy atom. The molecule has 1 aliphatic rings. The lowest BCUT2D eigenvalue weighted by molar-refractivity contribution is -0.120. The number of benzene rings is 1. The maximum absolute atomic E-state index is 12.9. The normalized spacial score (nSPS) is 15.5. The van der Waals surface area contributed by atoms with Gasteiger partial charge >= 0.3 is 0 Å². The fourth-order valence-corrected chi connectivity index (χ4v) is 4.73. The maximum Gasteiger partial charge on any atom is 0.253 e. The minimum atomic E-state index is -0.0243. The van der Waals surface area contributed by atoms with Gasteiger partial charge in [0, 0.05) is 28.5 Å². The molecule has 1 aliphatic heterocycles. The summed E-state index contributed by atoms with van der Waals surface area (Å²) in [4.78, 5) is 24.3. The molecule has 1 atom stereocenters. The van der Waals surface area contributed by atoms with E-state index in [1.165, 1.54) is 24.6 Å². The van der Waals surface area contributed by atoms with E-state index >= 15 is 0 Å². The first-order chi connectivity index (χ1) is 15.0. The molecule has 0 bridgehead atoms. The number of aromatic nitrogens is 4. The van der Waals surface area contributed by atoms with Gasteiger partial charge in [-0.1, -0.05) is 35.5 Å². The van der Waals surface area contributed by atoms with Crippen molar-refractivity contribution in [1.82, 2.24) is 29.8 Å². The monoisotopic (exact) mass is 458 g/mol. The van der Waals surface area contributed by atoms with Gasteiger partial charge in [-0.2, -0.15) is 4.98 Å². The van der Waals surface area contributed by atoms with Crippen LogP contribution in [-0.2, 0) is 11.2 Å². The topological polar surface area (TPSA) is 75.4 Å². The number of aryl methyl sites for hydroxylation is 2. The first-order valence-electron chi connectivity index (χ1n) is 10.5. The number of halogens is 1. The van der Waals surface area contributed by atoms with Gasteiger partial charge in [-0.05, 0) is 63.7 Å². The second-order valence-electron chi connectivity index (χ2n) is 7.87. The molecule has 0 radical (unpaired) electrons. The molecule has 1 amide bonds. The van der Waals surface area contributed by atoms with Crippen LogP contribution in [0.4, 0.5) is 0 Å². The van der Waals surface area contributed by atoms with Crippen LogP contribution in [0.1, 0.15) is 41.4 Å². The van der Waals surface area contributed by atoms with Crippen molar-refractivity contribution >= 4 is 35.0 Å². The fourth-order valence-electron chi connectivity index (χ4n) is 4.19. The number of carbonyl (C=O) groups is 1. The lowest BCUT2D eigenvalue weighted by Gasteiger charge is -2.28. The summed E-state index contributed by atoms with van der Waals surface area (Å²) in [5.74, 6) is 0.544. The van der Waals surface area contributed by atoms with Crippen LogP contribution < -0.4 is 5.32 Å². The van der Waals surface area contributed by atoms with Gasteiger partial charge in [0.05, 0.1) is 12.5 Å². The Morgan fingerprint density at radius 1 is 1.26 bits per heavy atom. The molecular formula is C22H27ClN6OS. The van der Waals surface area contributed by atoms with Gasteiger partial charge in [-0.25, -0.2) is 9.50 Å². The Labute approximate surface area is 191 Å². The van der Waals surface area contributed by atoms with Crippen molar-refractivity contribution in [2.45, 2.75) is 44.3 Å². The van der Waals surface area contributed by atoms with Gasteiger partial charge in [-0.15, -0.1) is 5.10 Å². The Bertz CT molecular complexity index is 1100. The van der Waals surface area contributed by atoms with Crippen LogP contribution in [0.15, 0.2) is 29.4 Å². The second-order valence-corrected chi connectivity index (χ2v) is 9.08. The molecule has 1 saturated heterocycles. The second kappa shape index (κ2) is 9.54. The molecule has 7 nitrogen and oxygen atoms in total. The quantitative estimate of drug-likeness (QED) is 0.545. The van der Waals surface area contributed by atoms with E-state index in [1.54, 1.807) is 4.52 Å². The van der Waals surface area contributed by atoms with Gasteiger partial charge in [0.25, 0.3) is 5.78 Å². The molecule has 3 aromatic rings. The molecule has 1 unspecified atom stereocenters. The Kier molecular flexibility index (Phi) is 6.79. The molecule has 9 heteroatoms. The highest BCUT2D eigenvalue weighted by molar-refractivity contribution is 7.98. The standard InChI is InChI=1S/C22H27ClN6OS/c1-14-18(15(2)29-21(25-14)26-22(27-29)31-3)12-20(30)24-13-19(28-9-4-5-10-28)16-7-6-8-17(23)11-16/h6-8,11,19H,4-5,9-10,12-13H2,1-3H3,(H,24,30). The van der Waals surface area contributed by atoms with Gasteiger partial charge in [0.1, 0.15) is 0 Å². The molecule has 31 heavy (non-hydrogen) atoms. The summed E-state index contributed by atoms with van der Waals surface area (Å²) < 4.78 is 1.72. The predicted molar refractivity (Wildman–Crippen MR) is 124 cm³/mol. The van der Waals surface area contributed by atoms with Crippen LogP contribution in [0, 0.1) is 13.8 Å². The summed E-state index contributed by atoms with van der Waals surface area (Å²) >= 11 is 7.71. The summed E-state index contributed by atoms with van der Waals surface area (Å²) in [5.41, 5.74) is 3.74. The van der Waals surface area contributed by atoms with Crippen molar-refractivity contribution in [3.63, 3.8) is 0 Å². The Morgan fingerprint density at radius 2 is 2.03 bits per heavy atom. The first-order valence-corrected chi connectivity index (χ1v) is 12.1. The lowest BCUT2D eigenvalue weighted by atomic mass is 10.0. The summed E-state index contributed by atoms with van der Waals surface area (Å²) in [5, 5.41) is 9.00. The molecule has 0 saturated carbocycles. The summed E-state index contributed by atoms with van der Waals surface area (Å²) in [6.45, 7) is 6.50. The smallest absolute Gasteiger partial charge is 0.253 e. The predicted octanol–water partition coefficient (Wildman–Crippen LogP) is 3.61. The van der Waals surface area contributed by atoms with E-state index in [2.05, 4.69) is 31.3 Å². The number of fused-ring (bicyclic) bond motifs is 1. The van der Waals surface area contributed by atoms with Crippen LogP contribution in [-0.4, -0.2) is 56.3 Å². The third kappa shape index (κ3) is 4.86. The molecule has 4 rings (SSSR count). The zero-order valence-electron chi connectivity index (χ0n) is 18.1. The van der Waals surface area contributed by atoms with E-state index in [0.29, 0.717) is 17.5 Å². The minimum Gasteiger partial charge on any atom is -0.354 e. The van der Waals surface area contributed by atoms with E-state index < -0.39 is 0 Å². The molecule has 0 spiro atoms. The molecule has 0 aliphatic carbocycles. The van der Waals surface area contributed by atoms with Crippen molar-refractivity contribution in [2.24, 2.45) is 0 Å². The number of hydrogen-bond acceptors (Lipinski definition) is 6. The van der Waals surface area contributed by atoms with Crippen LogP contribution in [0.25, 0.3) is 5.78 Å². The number of likely N-dealkylation sites (tertiary alicyclic amines) is 1. The average Bonchev–Trinajstić information content (AvgIpc) is 3.41. The Hall–Kier alpha value is -2.16. The van der Waals surface area contributed by atoms with E-state index in [9.17, 15) is 4.79 Å². The van der Waals surface area contributed by atoms with Crippen molar-refractivity contribution in [3.05, 3.63) is 51.8 Å². The highest BCUT2D eigenvalue weighted by Gasteiger charge is 2.24. The highest BCUT2D eigenvalue weighted by atomic mass is 35.5. The minimum absolute atomic E-state index is 0.0243. The number of amides is 1. The number of thioether (sulfide) groups is 1. The number of hydrogen-bond donors (Lipinski definition) is 1. The molecule has 164 valence electrons. The molecule has 2 aromatic heterocycles. The van der Waals surface area contributed by atoms with Gasteiger partial charge in [0.2, 0.25) is 11.1 Å². The first kappa shape index (κ1) is 22.0. The van der Waals surface area contributed by atoms with Crippen LogP contribution in [0.3, 0.4) is 0 Å². The SMILES string of the molecule is CSc1nc2nc(C)c(CC(=O)NCC(c3cccc(Cl)c3)N3CCCC3)c(C)n2n1. The van der Waals surface area contributed by atoms with Crippen molar-refractivity contribution in [2.75, 3.05) is 25.9 Å². The zero-order valence-corrected chi connectivity index (χ0v) is 19.6. The molecule has 3 heterocycles. The average molecular weight is 459 g/mol. The zero-order chi connectivity index (χ0) is 22.0. The molecular weight excluding hydrogens is 432 g/mol.